The van der Waals surface area contributed by atoms with E-state index in [4.69, 9.17) is 0 Å². The van der Waals surface area contributed by atoms with Gasteiger partial charge in [0.25, 0.3) is 0 Å². The molecule has 14 heavy (non-hydrogen) atoms. The number of carbonyl (C=O) groups excluding carboxylic acids is 1. The number of nitrogens with one attached hydrogen (secondary N) is 1. The predicted molar refractivity (Wildman–Crippen MR) is 54.9 cm³/mol. The van der Waals surface area contributed by atoms with Gasteiger partial charge in [-0.3, -0.25) is 4.79 Å². The average molecular weight is 195 g/mol. The zero-order valence-electron chi connectivity index (χ0n) is 9.16. The Morgan fingerprint density at radius 1 is 1.57 bits per heavy atom. The zero-order chi connectivity index (χ0) is 10.8. The molecule has 0 aromatic carbocycles. The van der Waals surface area contributed by atoms with Gasteiger partial charge in [0.2, 0.25) is 5.91 Å². The van der Waals surface area contributed by atoms with Gasteiger partial charge in [0.15, 0.2) is 0 Å². The lowest BCUT2D eigenvalue weighted by molar-refractivity contribution is -0.123. The van der Waals surface area contributed by atoms with Crippen LogP contribution in [0.2, 0.25) is 0 Å². The molecule has 0 radical (unpaired) electrons. The molecule has 0 aliphatic carbocycles. The van der Waals surface area contributed by atoms with E-state index in [1.807, 2.05) is 32.3 Å². The van der Waals surface area contributed by atoms with Gasteiger partial charge < -0.3 is 9.88 Å². The van der Waals surface area contributed by atoms with Gasteiger partial charge in [-0.15, -0.1) is 0 Å². The summed E-state index contributed by atoms with van der Waals surface area (Å²) in [5.74, 6) is 0.868. The SMILES string of the molecule is Cc1nccn1CC(=O)NC(C)(C)C. The van der Waals surface area contributed by atoms with Crippen molar-refractivity contribution in [1.82, 2.24) is 14.9 Å². The Labute approximate surface area is 84.3 Å². The van der Waals surface area contributed by atoms with Crippen molar-refractivity contribution in [1.29, 1.82) is 0 Å². The first-order chi connectivity index (χ1) is 6.38. The number of hydrogen-bond acceptors (Lipinski definition) is 2. The first-order valence-electron chi connectivity index (χ1n) is 4.67. The molecule has 1 aromatic rings. The van der Waals surface area contributed by atoms with E-state index in [1.165, 1.54) is 0 Å². The van der Waals surface area contributed by atoms with E-state index in [1.54, 1.807) is 12.4 Å². The molecule has 0 aliphatic rings. The Hall–Kier alpha value is -1.32. The predicted octanol–water partition coefficient (Wildman–Crippen LogP) is 1.11. The quantitative estimate of drug-likeness (QED) is 0.768. The van der Waals surface area contributed by atoms with Crippen LogP contribution < -0.4 is 5.32 Å². The highest BCUT2D eigenvalue weighted by atomic mass is 16.2. The van der Waals surface area contributed by atoms with Gasteiger partial charge >= 0.3 is 0 Å². The van der Waals surface area contributed by atoms with Gasteiger partial charge in [0, 0.05) is 17.9 Å². The summed E-state index contributed by atoms with van der Waals surface area (Å²) < 4.78 is 1.82. The van der Waals surface area contributed by atoms with Crippen molar-refractivity contribution in [3.63, 3.8) is 0 Å². The van der Waals surface area contributed by atoms with Crippen LogP contribution in [-0.4, -0.2) is 21.0 Å². The number of aryl methyl sites for hydroxylation is 1. The minimum atomic E-state index is -0.175. The molecular formula is C10H17N3O. The van der Waals surface area contributed by atoms with Crippen LogP contribution >= 0.6 is 0 Å². The van der Waals surface area contributed by atoms with Crippen LogP contribution in [0.5, 0.6) is 0 Å². The van der Waals surface area contributed by atoms with E-state index < -0.39 is 0 Å². The van der Waals surface area contributed by atoms with E-state index in [9.17, 15) is 4.79 Å². The maximum absolute atomic E-state index is 11.5. The van der Waals surface area contributed by atoms with Crippen molar-refractivity contribution in [3.8, 4) is 0 Å². The number of rotatable bonds is 2. The van der Waals surface area contributed by atoms with Crippen LogP contribution in [0, 0.1) is 6.92 Å². The lowest BCUT2D eigenvalue weighted by Gasteiger charge is -2.20. The van der Waals surface area contributed by atoms with Crippen LogP contribution in [0.15, 0.2) is 12.4 Å². The van der Waals surface area contributed by atoms with Crippen LogP contribution in [0.1, 0.15) is 26.6 Å². The number of aromatic nitrogens is 2. The Kier molecular flexibility index (Phi) is 2.93. The highest BCUT2D eigenvalue weighted by Gasteiger charge is 2.14. The van der Waals surface area contributed by atoms with Crippen molar-refractivity contribution in [2.75, 3.05) is 0 Å². The molecule has 0 unspecified atom stereocenters. The topological polar surface area (TPSA) is 46.9 Å². The largest absolute Gasteiger partial charge is 0.350 e. The molecule has 1 N–H and O–H groups in total. The molecular weight excluding hydrogens is 178 g/mol. The summed E-state index contributed by atoms with van der Waals surface area (Å²) in [6, 6.07) is 0. The molecule has 0 atom stereocenters. The maximum atomic E-state index is 11.5. The summed E-state index contributed by atoms with van der Waals surface area (Å²) in [6.07, 6.45) is 3.50. The Bertz CT molecular complexity index is 322. The minimum absolute atomic E-state index is 0.0126. The third-order valence-corrected chi connectivity index (χ3v) is 1.75. The smallest absolute Gasteiger partial charge is 0.240 e. The standard InChI is InChI=1S/C10H17N3O/c1-8-11-5-6-13(8)7-9(14)12-10(2,3)4/h5-6H,7H2,1-4H3,(H,12,14). The highest BCUT2D eigenvalue weighted by molar-refractivity contribution is 5.76. The lowest BCUT2D eigenvalue weighted by atomic mass is 10.1. The fourth-order valence-corrected chi connectivity index (χ4v) is 1.18. The van der Waals surface area contributed by atoms with Gasteiger partial charge in [0.1, 0.15) is 12.4 Å². The van der Waals surface area contributed by atoms with Crippen molar-refractivity contribution < 1.29 is 4.79 Å². The van der Waals surface area contributed by atoms with E-state index in [-0.39, 0.29) is 11.4 Å². The summed E-state index contributed by atoms with van der Waals surface area (Å²) in [6.45, 7) is 8.11. The van der Waals surface area contributed by atoms with E-state index in [0.717, 1.165) is 5.82 Å². The molecule has 1 heterocycles. The third kappa shape index (κ3) is 3.20. The normalized spacial score (nSPS) is 11.4. The van der Waals surface area contributed by atoms with Crippen LogP contribution in [0.4, 0.5) is 0 Å². The monoisotopic (exact) mass is 195 g/mol. The van der Waals surface area contributed by atoms with Gasteiger partial charge in [-0.25, -0.2) is 4.98 Å². The molecule has 78 valence electrons. The number of imidazole rings is 1. The zero-order valence-corrected chi connectivity index (χ0v) is 9.16. The molecule has 1 aromatic heterocycles. The van der Waals surface area contributed by atoms with Crippen LogP contribution in [-0.2, 0) is 11.3 Å². The Balaban J connectivity index is 2.54. The molecule has 0 fully saturated rings. The number of nitrogens with zero attached hydrogens (tertiary/aromatic N) is 2. The summed E-state index contributed by atoms with van der Waals surface area (Å²) in [5.41, 5.74) is -0.175. The third-order valence-electron chi connectivity index (χ3n) is 1.75. The first-order valence-corrected chi connectivity index (χ1v) is 4.67. The number of carbonyl (C=O) groups is 1. The van der Waals surface area contributed by atoms with Crippen molar-refractivity contribution in [2.24, 2.45) is 0 Å². The molecule has 0 aliphatic heterocycles. The summed E-state index contributed by atoms with van der Waals surface area (Å²) >= 11 is 0. The summed E-state index contributed by atoms with van der Waals surface area (Å²) in [7, 11) is 0. The fraction of sp³-hybridized carbons (Fsp3) is 0.600. The summed E-state index contributed by atoms with van der Waals surface area (Å²) in [5, 5.41) is 2.90. The molecule has 0 bridgehead atoms. The molecule has 0 spiro atoms. The average Bonchev–Trinajstić information content (AvgIpc) is 2.32. The van der Waals surface area contributed by atoms with Crippen LogP contribution in [0.3, 0.4) is 0 Å². The summed E-state index contributed by atoms with van der Waals surface area (Å²) in [4.78, 5) is 15.6. The lowest BCUT2D eigenvalue weighted by Crippen LogP contribution is -2.42. The second-order valence-corrected chi connectivity index (χ2v) is 4.40. The second-order valence-electron chi connectivity index (χ2n) is 4.40. The maximum Gasteiger partial charge on any atom is 0.240 e. The minimum Gasteiger partial charge on any atom is -0.350 e. The Morgan fingerprint density at radius 3 is 2.64 bits per heavy atom. The molecule has 4 heteroatoms. The highest BCUT2D eigenvalue weighted by Crippen LogP contribution is 2.00. The first kappa shape index (κ1) is 10.8. The van der Waals surface area contributed by atoms with E-state index in [2.05, 4.69) is 10.3 Å². The van der Waals surface area contributed by atoms with Gasteiger partial charge in [0.05, 0.1) is 0 Å². The molecule has 1 rings (SSSR count). The Morgan fingerprint density at radius 2 is 2.21 bits per heavy atom. The van der Waals surface area contributed by atoms with Crippen molar-refractivity contribution >= 4 is 5.91 Å². The molecule has 0 saturated carbocycles. The van der Waals surface area contributed by atoms with E-state index in [0.29, 0.717) is 6.54 Å². The second kappa shape index (κ2) is 3.82. The van der Waals surface area contributed by atoms with Gasteiger partial charge in [-0.2, -0.15) is 0 Å². The van der Waals surface area contributed by atoms with E-state index >= 15 is 0 Å². The number of hydrogen-bond donors (Lipinski definition) is 1. The molecule has 4 nitrogen and oxygen atoms in total. The van der Waals surface area contributed by atoms with Crippen molar-refractivity contribution in [2.45, 2.75) is 39.8 Å². The molecule has 0 saturated heterocycles. The van der Waals surface area contributed by atoms with Crippen molar-refractivity contribution in [3.05, 3.63) is 18.2 Å². The molecule has 1 amide bonds. The van der Waals surface area contributed by atoms with Gasteiger partial charge in [-0.05, 0) is 27.7 Å². The fourth-order valence-electron chi connectivity index (χ4n) is 1.18. The van der Waals surface area contributed by atoms with Gasteiger partial charge in [-0.1, -0.05) is 0 Å². The number of amides is 1. The van der Waals surface area contributed by atoms with Crippen LogP contribution in [0.25, 0.3) is 0 Å².